The van der Waals surface area contributed by atoms with Crippen LogP contribution in [0, 0.1) is 11.7 Å². The maximum atomic E-state index is 13.4. The van der Waals surface area contributed by atoms with Crippen LogP contribution in [0.1, 0.15) is 19.3 Å². The number of carbonyl (C=O) groups is 1. The summed E-state index contributed by atoms with van der Waals surface area (Å²) in [6.45, 7) is 0. The Hall–Kier alpha value is -1.13. The van der Waals surface area contributed by atoms with Gasteiger partial charge in [0.2, 0.25) is 5.91 Å². The van der Waals surface area contributed by atoms with Gasteiger partial charge in [-0.25, -0.2) is 4.39 Å². The van der Waals surface area contributed by atoms with Crippen LogP contribution in [0.25, 0.3) is 0 Å². The number of aliphatic hydroxyl groups is 1. The first kappa shape index (κ1) is 12.3. The van der Waals surface area contributed by atoms with Gasteiger partial charge in [0.05, 0.1) is 17.7 Å². The molecule has 1 fully saturated rings. The number of benzene rings is 1. The van der Waals surface area contributed by atoms with Crippen molar-refractivity contribution in [2.24, 2.45) is 5.92 Å². The summed E-state index contributed by atoms with van der Waals surface area (Å²) in [5.41, 5.74) is 0.0958. The zero-order valence-corrected chi connectivity index (χ0v) is 9.88. The number of rotatable bonds is 2. The first-order valence-electron chi connectivity index (χ1n) is 5.52. The Morgan fingerprint density at radius 3 is 2.82 bits per heavy atom. The van der Waals surface area contributed by atoms with E-state index in [1.54, 1.807) is 0 Å². The largest absolute Gasteiger partial charge is 0.392 e. The fourth-order valence-electron chi connectivity index (χ4n) is 2.06. The Morgan fingerprint density at radius 2 is 2.24 bits per heavy atom. The van der Waals surface area contributed by atoms with E-state index in [0.717, 1.165) is 12.5 Å². The lowest BCUT2D eigenvalue weighted by atomic mass is 10.1. The molecule has 0 spiro atoms. The molecule has 0 aromatic heterocycles. The quantitative estimate of drug-likeness (QED) is 0.856. The van der Waals surface area contributed by atoms with Crippen LogP contribution in [0.4, 0.5) is 10.1 Å². The van der Waals surface area contributed by atoms with Crippen molar-refractivity contribution in [1.29, 1.82) is 0 Å². The van der Waals surface area contributed by atoms with Gasteiger partial charge in [-0.05, 0) is 37.5 Å². The van der Waals surface area contributed by atoms with Crippen LogP contribution in [-0.4, -0.2) is 17.1 Å². The van der Waals surface area contributed by atoms with Crippen molar-refractivity contribution < 1.29 is 14.3 Å². The highest BCUT2D eigenvalue weighted by molar-refractivity contribution is 6.30. The highest BCUT2D eigenvalue weighted by Crippen LogP contribution is 2.27. The van der Waals surface area contributed by atoms with Crippen molar-refractivity contribution in [3.63, 3.8) is 0 Å². The summed E-state index contributed by atoms with van der Waals surface area (Å²) in [5, 5.41) is 12.3. The molecular weight excluding hydrogens is 245 g/mol. The molecule has 2 unspecified atom stereocenters. The molecule has 92 valence electrons. The molecular formula is C12H13ClFNO2. The third-order valence-corrected chi connectivity index (χ3v) is 3.24. The van der Waals surface area contributed by atoms with Crippen molar-refractivity contribution in [2.75, 3.05) is 5.32 Å². The van der Waals surface area contributed by atoms with E-state index in [1.807, 2.05) is 0 Å². The fraction of sp³-hybridized carbons (Fsp3) is 0.417. The van der Waals surface area contributed by atoms with Crippen LogP contribution < -0.4 is 5.32 Å². The van der Waals surface area contributed by atoms with Crippen molar-refractivity contribution in [2.45, 2.75) is 25.4 Å². The van der Waals surface area contributed by atoms with E-state index in [9.17, 15) is 14.3 Å². The smallest absolute Gasteiger partial charge is 0.230 e. The molecule has 0 aliphatic heterocycles. The standard InChI is InChI=1S/C12H13ClFNO2/c13-7-4-5-10(9(14)6-7)15-12(17)8-2-1-3-11(8)16/h4-6,8,11,16H,1-3H2,(H,15,17). The molecule has 1 aromatic rings. The zero-order valence-electron chi connectivity index (χ0n) is 9.12. The molecule has 2 N–H and O–H groups in total. The third-order valence-electron chi connectivity index (χ3n) is 3.01. The average Bonchev–Trinajstić information content (AvgIpc) is 2.68. The molecule has 1 aliphatic rings. The lowest BCUT2D eigenvalue weighted by Crippen LogP contribution is -2.28. The minimum Gasteiger partial charge on any atom is -0.392 e. The van der Waals surface area contributed by atoms with Crippen molar-refractivity contribution in [3.05, 3.63) is 29.0 Å². The monoisotopic (exact) mass is 257 g/mol. The van der Waals surface area contributed by atoms with Crippen molar-refractivity contribution in [3.8, 4) is 0 Å². The van der Waals surface area contributed by atoms with Gasteiger partial charge in [-0.1, -0.05) is 11.6 Å². The Balaban J connectivity index is 2.07. The van der Waals surface area contributed by atoms with E-state index in [1.165, 1.54) is 12.1 Å². The highest BCUT2D eigenvalue weighted by Gasteiger charge is 2.31. The van der Waals surface area contributed by atoms with Crippen LogP contribution in [0.2, 0.25) is 5.02 Å². The lowest BCUT2D eigenvalue weighted by molar-refractivity contribution is -0.122. The fourth-order valence-corrected chi connectivity index (χ4v) is 2.22. The minimum atomic E-state index is -0.620. The summed E-state index contributed by atoms with van der Waals surface area (Å²) in [5.74, 6) is -1.35. The van der Waals surface area contributed by atoms with Crippen molar-refractivity contribution in [1.82, 2.24) is 0 Å². The Bertz CT molecular complexity index is 439. The van der Waals surface area contributed by atoms with Crippen molar-refractivity contribution >= 4 is 23.2 Å². The van der Waals surface area contributed by atoms with E-state index in [-0.39, 0.29) is 16.6 Å². The van der Waals surface area contributed by atoms with Crippen LogP contribution >= 0.6 is 11.6 Å². The van der Waals surface area contributed by atoms with Crippen LogP contribution in [-0.2, 0) is 4.79 Å². The number of hydrogen-bond acceptors (Lipinski definition) is 2. The summed E-state index contributed by atoms with van der Waals surface area (Å²) in [6, 6.07) is 4.06. The van der Waals surface area contributed by atoms with Gasteiger partial charge in [-0.2, -0.15) is 0 Å². The van der Waals surface area contributed by atoms with Gasteiger partial charge in [-0.3, -0.25) is 4.79 Å². The van der Waals surface area contributed by atoms with Gasteiger partial charge >= 0.3 is 0 Å². The average molecular weight is 258 g/mol. The van der Waals surface area contributed by atoms with Gasteiger partial charge in [0.25, 0.3) is 0 Å². The number of nitrogens with one attached hydrogen (secondary N) is 1. The van der Waals surface area contributed by atoms with Crippen LogP contribution in [0.3, 0.4) is 0 Å². The first-order valence-corrected chi connectivity index (χ1v) is 5.89. The lowest BCUT2D eigenvalue weighted by Gasteiger charge is -2.14. The molecule has 0 bridgehead atoms. The summed E-state index contributed by atoms with van der Waals surface area (Å²) >= 11 is 5.61. The maximum Gasteiger partial charge on any atom is 0.230 e. The molecule has 2 atom stereocenters. The van der Waals surface area contributed by atoms with E-state index in [2.05, 4.69) is 5.32 Å². The number of halogens is 2. The van der Waals surface area contributed by atoms with Gasteiger partial charge in [0, 0.05) is 5.02 Å². The Labute approximate surface area is 104 Å². The second-order valence-corrected chi connectivity index (χ2v) is 4.65. The number of hydrogen-bond donors (Lipinski definition) is 2. The molecule has 1 amide bonds. The van der Waals surface area contributed by atoms with Gasteiger partial charge < -0.3 is 10.4 Å². The molecule has 5 heteroatoms. The molecule has 0 heterocycles. The molecule has 3 nitrogen and oxygen atoms in total. The van der Waals surface area contributed by atoms with E-state index < -0.39 is 17.8 Å². The Kier molecular flexibility index (Phi) is 3.64. The summed E-state index contributed by atoms with van der Waals surface area (Å²) in [7, 11) is 0. The third kappa shape index (κ3) is 2.76. The predicted molar refractivity (Wildman–Crippen MR) is 63.4 cm³/mol. The van der Waals surface area contributed by atoms with E-state index in [0.29, 0.717) is 12.8 Å². The van der Waals surface area contributed by atoms with Gasteiger partial charge in [0.1, 0.15) is 5.82 Å². The zero-order chi connectivity index (χ0) is 12.4. The van der Waals surface area contributed by atoms with Gasteiger partial charge in [-0.15, -0.1) is 0 Å². The van der Waals surface area contributed by atoms with Crippen LogP contribution in [0.5, 0.6) is 0 Å². The summed E-state index contributed by atoms with van der Waals surface area (Å²) < 4.78 is 13.4. The number of carbonyl (C=O) groups excluding carboxylic acids is 1. The SMILES string of the molecule is O=C(Nc1ccc(Cl)cc1F)C1CCCC1O. The number of aliphatic hydroxyl groups excluding tert-OH is 1. The molecule has 1 aliphatic carbocycles. The summed E-state index contributed by atoms with van der Waals surface area (Å²) in [6.07, 6.45) is 1.47. The van der Waals surface area contributed by atoms with E-state index >= 15 is 0 Å². The second-order valence-electron chi connectivity index (χ2n) is 4.22. The normalized spacial score (nSPS) is 23.7. The number of amides is 1. The predicted octanol–water partition coefficient (Wildman–Crippen LogP) is 2.58. The van der Waals surface area contributed by atoms with E-state index in [4.69, 9.17) is 11.6 Å². The molecule has 17 heavy (non-hydrogen) atoms. The number of anilines is 1. The second kappa shape index (κ2) is 5.02. The van der Waals surface area contributed by atoms with Crippen LogP contribution in [0.15, 0.2) is 18.2 Å². The topological polar surface area (TPSA) is 49.3 Å². The first-order chi connectivity index (χ1) is 8.08. The summed E-state index contributed by atoms with van der Waals surface area (Å²) in [4.78, 5) is 11.8. The minimum absolute atomic E-state index is 0.0958. The highest BCUT2D eigenvalue weighted by atomic mass is 35.5. The maximum absolute atomic E-state index is 13.4. The molecule has 2 rings (SSSR count). The molecule has 1 aromatic carbocycles. The molecule has 1 saturated carbocycles. The Morgan fingerprint density at radius 1 is 1.47 bits per heavy atom. The molecule has 0 saturated heterocycles. The van der Waals surface area contributed by atoms with Gasteiger partial charge in [0.15, 0.2) is 0 Å². The molecule has 0 radical (unpaired) electrons.